The number of hydrogen-bond donors (Lipinski definition) is 3. The minimum atomic E-state index is -3.81. The van der Waals surface area contributed by atoms with Crippen molar-refractivity contribution in [3.05, 3.63) is 66.4 Å². The number of rotatable bonds is 9. The molecule has 0 aliphatic heterocycles. The molecule has 8 nitrogen and oxygen atoms in total. The molecule has 0 aliphatic rings. The van der Waals surface area contributed by atoms with Gasteiger partial charge < -0.3 is 10.2 Å². The van der Waals surface area contributed by atoms with Crippen LogP contribution in [0, 0.1) is 0 Å². The van der Waals surface area contributed by atoms with E-state index in [9.17, 15) is 13.2 Å². The van der Waals surface area contributed by atoms with Crippen molar-refractivity contribution in [3.8, 4) is 11.3 Å². The number of nitrogens with two attached hydrogens (primary N) is 1. The quantitative estimate of drug-likeness (QED) is 0.439. The fraction of sp³-hybridized carbons (Fsp3) is 0.273. The number of nitrogens with zero attached hydrogens (tertiary/aromatic N) is 2. The molecule has 164 valence electrons. The second-order valence-corrected chi connectivity index (χ2v) is 8.94. The summed E-state index contributed by atoms with van der Waals surface area (Å²) >= 11 is 0. The summed E-state index contributed by atoms with van der Waals surface area (Å²) in [6.07, 6.45) is 3.72. The van der Waals surface area contributed by atoms with Crippen molar-refractivity contribution in [1.82, 2.24) is 15.1 Å². The molecule has 0 atom stereocenters. The maximum Gasteiger partial charge on any atom is 0.321 e. The average Bonchev–Trinajstić information content (AvgIpc) is 3.22. The molecule has 0 aliphatic carbocycles. The van der Waals surface area contributed by atoms with Gasteiger partial charge in [0.2, 0.25) is 10.0 Å². The fourth-order valence-electron chi connectivity index (χ4n) is 3.16. The highest BCUT2D eigenvalue weighted by Gasteiger charge is 2.12. The molecule has 0 unspecified atom stereocenters. The van der Waals surface area contributed by atoms with E-state index in [1.807, 2.05) is 30.3 Å². The molecule has 0 bridgehead atoms. The third-order valence-corrected chi connectivity index (χ3v) is 5.81. The molecular weight excluding hydrogens is 414 g/mol. The summed E-state index contributed by atoms with van der Waals surface area (Å²) in [6, 6.07) is 17.7. The van der Waals surface area contributed by atoms with Gasteiger partial charge >= 0.3 is 6.03 Å². The molecule has 9 heteroatoms. The summed E-state index contributed by atoms with van der Waals surface area (Å²) in [5, 5.41) is 15.3. The van der Waals surface area contributed by atoms with Crippen LogP contribution in [0.1, 0.15) is 25.0 Å². The van der Waals surface area contributed by atoms with Gasteiger partial charge in [0, 0.05) is 30.5 Å². The first-order valence-electron chi connectivity index (χ1n) is 10.1. The van der Waals surface area contributed by atoms with Crippen LogP contribution in [0.5, 0.6) is 0 Å². The molecular formula is C22H27N5O3S. The Morgan fingerprint density at radius 1 is 1.06 bits per heavy atom. The first kappa shape index (κ1) is 22.5. The molecule has 1 heterocycles. The number of anilines is 1. The van der Waals surface area contributed by atoms with Gasteiger partial charge in [-0.1, -0.05) is 42.8 Å². The number of H-pyrrole nitrogens is 1. The predicted molar refractivity (Wildman–Crippen MR) is 121 cm³/mol. The van der Waals surface area contributed by atoms with Crippen LogP contribution in [0.3, 0.4) is 0 Å². The first-order valence-corrected chi connectivity index (χ1v) is 11.6. The Balaban J connectivity index is 1.39. The van der Waals surface area contributed by atoms with E-state index < -0.39 is 10.0 Å². The third kappa shape index (κ3) is 6.66. The van der Waals surface area contributed by atoms with Gasteiger partial charge in [0.15, 0.2) is 0 Å². The number of urea groups is 1. The smallest absolute Gasteiger partial charge is 0.321 e. The third-order valence-electron chi connectivity index (χ3n) is 4.90. The van der Waals surface area contributed by atoms with Crippen molar-refractivity contribution in [2.45, 2.75) is 30.6 Å². The zero-order valence-corrected chi connectivity index (χ0v) is 18.2. The van der Waals surface area contributed by atoms with Gasteiger partial charge in [0.25, 0.3) is 0 Å². The van der Waals surface area contributed by atoms with Gasteiger partial charge in [0.1, 0.15) is 0 Å². The molecule has 0 spiro atoms. The number of aryl methyl sites for hydroxylation is 1. The van der Waals surface area contributed by atoms with Crippen molar-refractivity contribution >= 4 is 21.7 Å². The Bertz CT molecular complexity index is 1110. The maximum absolute atomic E-state index is 12.3. The van der Waals surface area contributed by atoms with Crippen molar-refractivity contribution < 1.29 is 13.2 Å². The van der Waals surface area contributed by atoms with Crippen LogP contribution in [0.25, 0.3) is 11.3 Å². The first-order chi connectivity index (χ1) is 14.8. The van der Waals surface area contributed by atoms with E-state index in [-0.39, 0.29) is 10.9 Å². The molecule has 0 saturated heterocycles. The summed E-state index contributed by atoms with van der Waals surface area (Å²) in [7, 11) is -2.10. The van der Waals surface area contributed by atoms with Crippen molar-refractivity contribution in [3.63, 3.8) is 0 Å². The van der Waals surface area contributed by atoms with E-state index in [0.717, 1.165) is 42.6 Å². The van der Waals surface area contributed by atoms with Crippen molar-refractivity contribution in [1.29, 1.82) is 0 Å². The second-order valence-electron chi connectivity index (χ2n) is 7.38. The molecule has 3 aromatic rings. The lowest BCUT2D eigenvalue weighted by Gasteiger charge is -2.18. The maximum atomic E-state index is 12.3. The Hall–Kier alpha value is -3.17. The molecule has 0 radical (unpaired) electrons. The Labute approximate surface area is 182 Å². The Morgan fingerprint density at radius 2 is 1.84 bits per heavy atom. The van der Waals surface area contributed by atoms with E-state index in [4.69, 9.17) is 5.14 Å². The normalized spacial score (nSPS) is 11.3. The Morgan fingerprint density at radius 3 is 2.58 bits per heavy atom. The number of nitrogens with one attached hydrogen (secondary N) is 2. The number of hydrogen-bond acceptors (Lipinski definition) is 4. The molecule has 2 aromatic carbocycles. The molecule has 4 N–H and O–H groups in total. The average molecular weight is 442 g/mol. The van der Waals surface area contributed by atoms with Crippen LogP contribution >= 0.6 is 0 Å². The lowest BCUT2D eigenvalue weighted by atomic mass is 10.1. The zero-order valence-electron chi connectivity index (χ0n) is 17.4. The molecule has 1 aromatic heterocycles. The van der Waals surface area contributed by atoms with Crippen LogP contribution in [0.4, 0.5) is 10.5 Å². The number of primary sulfonamides is 1. The minimum absolute atomic E-state index is 0.0396. The van der Waals surface area contributed by atoms with Crippen LogP contribution < -0.4 is 10.5 Å². The Kier molecular flexibility index (Phi) is 7.43. The largest absolute Gasteiger partial charge is 0.328 e. The van der Waals surface area contributed by atoms with Gasteiger partial charge in [-0.25, -0.2) is 18.4 Å². The van der Waals surface area contributed by atoms with Crippen LogP contribution in [-0.4, -0.2) is 43.1 Å². The van der Waals surface area contributed by atoms with Gasteiger partial charge in [-0.15, -0.1) is 0 Å². The van der Waals surface area contributed by atoms with Crippen LogP contribution in [0.2, 0.25) is 0 Å². The predicted octanol–water partition coefficient (Wildman–Crippen LogP) is 3.60. The monoisotopic (exact) mass is 441 g/mol. The molecule has 0 saturated carbocycles. The van der Waals surface area contributed by atoms with E-state index >= 15 is 0 Å². The summed E-state index contributed by atoms with van der Waals surface area (Å²) in [5.74, 6) is 0. The summed E-state index contributed by atoms with van der Waals surface area (Å²) < 4.78 is 22.9. The minimum Gasteiger partial charge on any atom is -0.328 e. The van der Waals surface area contributed by atoms with E-state index in [2.05, 4.69) is 21.6 Å². The number of sulfonamides is 1. The number of benzene rings is 2. The molecule has 3 rings (SSSR count). The van der Waals surface area contributed by atoms with E-state index in [1.165, 1.54) is 18.2 Å². The molecule has 2 amide bonds. The molecule has 31 heavy (non-hydrogen) atoms. The van der Waals surface area contributed by atoms with Crippen LogP contribution in [0.15, 0.2) is 65.6 Å². The lowest BCUT2D eigenvalue weighted by molar-refractivity contribution is 0.221. The summed E-state index contributed by atoms with van der Waals surface area (Å²) in [6.45, 7) is 0.596. The highest BCUT2D eigenvalue weighted by atomic mass is 32.2. The fourth-order valence-corrected chi connectivity index (χ4v) is 3.72. The highest BCUT2D eigenvalue weighted by Crippen LogP contribution is 2.18. The lowest BCUT2D eigenvalue weighted by Crippen LogP contribution is -2.32. The van der Waals surface area contributed by atoms with Gasteiger partial charge in [-0.05, 0) is 43.5 Å². The summed E-state index contributed by atoms with van der Waals surface area (Å²) in [4.78, 5) is 13.9. The number of aromatic amines is 1. The van der Waals surface area contributed by atoms with E-state index in [0.29, 0.717) is 12.2 Å². The summed E-state index contributed by atoms with van der Waals surface area (Å²) in [5.41, 5.74) is 3.52. The molecule has 0 fully saturated rings. The van der Waals surface area contributed by atoms with Crippen LogP contribution in [-0.2, 0) is 16.4 Å². The standard InChI is InChI=1S/C22H27N5O3S/c1-27(22(28)24-18-12-8-13-20(15-18)31(23,29)30)14-7-3-6-11-19-16-21(26-25-19)17-9-4-2-5-10-17/h2,4-5,8-10,12-13,15-16H,3,6-7,11,14H2,1H3,(H,24,28)(H,25,26)(H2,23,29,30). The number of aromatic nitrogens is 2. The van der Waals surface area contributed by atoms with Gasteiger partial charge in [-0.2, -0.15) is 5.10 Å². The topological polar surface area (TPSA) is 121 Å². The number of carbonyl (C=O) groups is 1. The second kappa shape index (κ2) is 10.2. The SMILES string of the molecule is CN(CCCCCc1cc(-c2ccccc2)n[nH]1)C(=O)Nc1cccc(S(N)(=O)=O)c1. The zero-order chi connectivity index (χ0) is 22.3. The number of unbranched alkanes of at least 4 members (excludes halogenated alkanes) is 2. The van der Waals surface area contributed by atoms with E-state index in [1.54, 1.807) is 18.0 Å². The highest BCUT2D eigenvalue weighted by molar-refractivity contribution is 7.89. The number of carbonyl (C=O) groups excluding carboxylic acids is 1. The van der Waals surface area contributed by atoms with Crippen molar-refractivity contribution in [2.24, 2.45) is 5.14 Å². The number of amides is 2. The van der Waals surface area contributed by atoms with Gasteiger partial charge in [-0.3, -0.25) is 5.10 Å². The van der Waals surface area contributed by atoms with Crippen molar-refractivity contribution in [2.75, 3.05) is 18.9 Å². The van der Waals surface area contributed by atoms with Gasteiger partial charge in [0.05, 0.1) is 10.6 Å².